The van der Waals surface area contributed by atoms with Gasteiger partial charge in [0.05, 0.1) is 30.6 Å². The first kappa shape index (κ1) is 46.1. The molecule has 1 saturated carbocycles. The molecule has 0 spiro atoms. The fourth-order valence-electron chi connectivity index (χ4n) is 10.1. The number of benzene rings is 7. The van der Waals surface area contributed by atoms with E-state index in [1.165, 1.54) is 57.8 Å². The normalized spacial score (nSPS) is 12.8. The Bertz CT molecular complexity index is 3470. The van der Waals surface area contributed by atoms with Crippen LogP contribution in [0.2, 0.25) is 19.6 Å². The second-order valence-corrected chi connectivity index (χ2v) is 25.0. The van der Waals surface area contributed by atoms with Crippen molar-refractivity contribution >= 4 is 55.8 Å². The average Bonchev–Trinajstić information content (AvgIpc) is 4.15. The Morgan fingerprint density at radius 2 is 1.33 bits per heavy atom. The van der Waals surface area contributed by atoms with E-state index in [2.05, 4.69) is 205 Å². The van der Waals surface area contributed by atoms with Crippen LogP contribution in [-0.4, -0.2) is 27.6 Å². The van der Waals surface area contributed by atoms with E-state index < -0.39 is 8.07 Å². The molecule has 0 amide bonds. The van der Waals surface area contributed by atoms with Gasteiger partial charge in [-0.3, -0.25) is 9.97 Å². The van der Waals surface area contributed by atoms with Gasteiger partial charge in [-0.05, 0) is 85.9 Å². The third-order valence-corrected chi connectivity index (χ3v) is 16.7. The molecular formula is C62H52IrN4SSi-2. The fraction of sp³-hybridized carbons (Fsp3) is 0.145. The molecular weight excluding hydrogens is 1050 g/mol. The first-order valence-electron chi connectivity index (χ1n) is 23.8. The monoisotopic (exact) mass is 1110 g/mol. The summed E-state index contributed by atoms with van der Waals surface area (Å²) in [5.41, 5.74) is 14.8. The molecule has 4 nitrogen and oxygen atoms in total. The summed E-state index contributed by atoms with van der Waals surface area (Å²) in [6.45, 7) is 7.28. The standard InChI is InChI=1S/C42H26N3S.C20H26NSi.Ir/c1-3-11-29(12-4-1)32-15-9-16-33(30-13-5-2-6-14-30)40(32)45-38-20-8-7-19-37(38)44-42(45)36-18-10-17-35-34-22-21-31(27-39(34)46-41(35)36)28-23-25-43-26-24-28;1-22(2,3)20-15-21-19(17-11-5-4-6-12-17)14-18(20)13-16-9-7-8-10-16;/h1-17,19-27H;4-6,11,14-16H,7-10,13H2,1-3H3;/q2*-1;. The summed E-state index contributed by atoms with van der Waals surface area (Å²) in [6.07, 6.45) is 12.7. The molecule has 0 unspecified atom stereocenters. The molecule has 1 fully saturated rings. The maximum absolute atomic E-state index is 5.35. The Labute approximate surface area is 424 Å². The van der Waals surface area contributed by atoms with Crippen molar-refractivity contribution in [1.29, 1.82) is 0 Å². The van der Waals surface area contributed by atoms with Gasteiger partial charge < -0.3 is 9.55 Å². The minimum absolute atomic E-state index is 0. The number of rotatable bonds is 9. The Balaban J connectivity index is 0.000000203. The van der Waals surface area contributed by atoms with Crippen LogP contribution in [0, 0.1) is 18.1 Å². The van der Waals surface area contributed by atoms with Crippen LogP contribution in [0.4, 0.5) is 0 Å². The predicted octanol–water partition coefficient (Wildman–Crippen LogP) is 16.1. The van der Waals surface area contributed by atoms with E-state index in [1.807, 2.05) is 30.6 Å². The Kier molecular flexibility index (Phi) is 13.5. The van der Waals surface area contributed by atoms with Gasteiger partial charge in [0.25, 0.3) is 0 Å². The molecule has 4 heterocycles. The predicted molar refractivity (Wildman–Crippen MR) is 289 cm³/mol. The topological polar surface area (TPSA) is 43.6 Å². The smallest absolute Gasteiger partial charge is 0.0798 e. The van der Waals surface area contributed by atoms with Gasteiger partial charge in [0, 0.05) is 54.5 Å². The number of fused-ring (bicyclic) bond motifs is 4. The molecule has 1 aliphatic carbocycles. The van der Waals surface area contributed by atoms with Crippen molar-refractivity contribution in [3.63, 3.8) is 0 Å². The van der Waals surface area contributed by atoms with Gasteiger partial charge in [0.2, 0.25) is 0 Å². The molecule has 341 valence electrons. The van der Waals surface area contributed by atoms with Crippen molar-refractivity contribution in [2.24, 2.45) is 5.92 Å². The molecule has 7 heteroatoms. The average molecular weight is 1110 g/mol. The molecule has 69 heavy (non-hydrogen) atoms. The number of hydrogen-bond donors (Lipinski definition) is 0. The van der Waals surface area contributed by atoms with Gasteiger partial charge in [-0.2, -0.15) is 11.3 Å². The summed E-state index contributed by atoms with van der Waals surface area (Å²) in [4.78, 5) is 14.3. The molecule has 11 aromatic rings. The van der Waals surface area contributed by atoms with Crippen LogP contribution in [0.25, 0.3) is 92.9 Å². The van der Waals surface area contributed by atoms with Gasteiger partial charge in [0.1, 0.15) is 0 Å². The number of imidazole rings is 1. The maximum atomic E-state index is 5.35. The Morgan fingerprint density at radius 3 is 2.03 bits per heavy atom. The zero-order chi connectivity index (χ0) is 46.0. The van der Waals surface area contributed by atoms with E-state index in [4.69, 9.17) is 9.97 Å². The summed E-state index contributed by atoms with van der Waals surface area (Å²) in [5, 5.41) is 4.00. The van der Waals surface area contributed by atoms with Crippen molar-refractivity contribution < 1.29 is 20.1 Å². The number of pyridine rings is 2. The van der Waals surface area contributed by atoms with Gasteiger partial charge in [-0.25, -0.2) is 0 Å². The minimum Gasteiger partial charge on any atom is -0.332 e. The first-order chi connectivity index (χ1) is 33.4. The molecule has 0 bridgehead atoms. The van der Waals surface area contributed by atoms with E-state index in [1.54, 1.807) is 22.1 Å². The molecule has 0 aliphatic heterocycles. The van der Waals surface area contributed by atoms with E-state index in [-0.39, 0.29) is 20.1 Å². The summed E-state index contributed by atoms with van der Waals surface area (Å²) in [7, 11) is -1.35. The van der Waals surface area contributed by atoms with Crippen molar-refractivity contribution in [3.8, 4) is 61.7 Å². The largest absolute Gasteiger partial charge is 0.332 e. The van der Waals surface area contributed by atoms with E-state index in [0.717, 1.165) is 73.1 Å². The number of hydrogen-bond acceptors (Lipinski definition) is 4. The van der Waals surface area contributed by atoms with Crippen molar-refractivity contribution in [2.45, 2.75) is 51.7 Å². The van der Waals surface area contributed by atoms with Crippen molar-refractivity contribution in [2.75, 3.05) is 0 Å². The summed E-state index contributed by atoms with van der Waals surface area (Å²) in [6, 6.07) is 68.9. The van der Waals surface area contributed by atoms with Gasteiger partial charge >= 0.3 is 0 Å². The summed E-state index contributed by atoms with van der Waals surface area (Å²) >= 11 is 1.81. The number of nitrogens with zero attached hydrogens (tertiary/aromatic N) is 4. The number of aromatic nitrogens is 4. The van der Waals surface area contributed by atoms with Crippen LogP contribution in [0.15, 0.2) is 195 Å². The van der Waals surface area contributed by atoms with Gasteiger partial charge in [-0.1, -0.05) is 171 Å². The van der Waals surface area contributed by atoms with Crippen LogP contribution < -0.4 is 5.19 Å². The van der Waals surface area contributed by atoms with Crippen LogP contribution in [0.3, 0.4) is 0 Å². The SMILES string of the molecule is C[Si](C)(C)c1cnc(-c2[c-]cccc2)cc1CC1CCCC1.[Ir].[c-]1ccc2c(sc3cc(-c4ccncc4)ccc32)c1-c1nc2ccccc2n1-c1c(-c2ccccc2)cccc1-c1ccccc1. The zero-order valence-corrected chi connectivity index (χ0v) is 43.3. The molecule has 0 atom stereocenters. The molecule has 7 aromatic carbocycles. The molecule has 0 N–H and O–H groups in total. The van der Waals surface area contributed by atoms with Gasteiger partial charge in [-0.15, -0.1) is 54.1 Å². The fourth-order valence-corrected chi connectivity index (χ4v) is 12.9. The van der Waals surface area contributed by atoms with E-state index >= 15 is 0 Å². The molecule has 4 aromatic heterocycles. The van der Waals surface area contributed by atoms with Crippen molar-refractivity contribution in [1.82, 2.24) is 19.5 Å². The molecule has 1 radical (unpaired) electrons. The van der Waals surface area contributed by atoms with Crippen molar-refractivity contribution in [3.05, 3.63) is 212 Å². The second kappa shape index (κ2) is 20.2. The summed E-state index contributed by atoms with van der Waals surface area (Å²) in [5.74, 6) is 1.76. The molecule has 1 aliphatic rings. The number of para-hydroxylation sites is 3. The minimum atomic E-state index is -1.35. The van der Waals surface area contributed by atoms with E-state index in [9.17, 15) is 0 Å². The van der Waals surface area contributed by atoms with Crippen LogP contribution in [-0.2, 0) is 26.5 Å². The second-order valence-electron chi connectivity index (χ2n) is 18.9. The van der Waals surface area contributed by atoms with Crippen LogP contribution >= 0.6 is 11.3 Å². The Morgan fingerprint density at radius 1 is 0.638 bits per heavy atom. The maximum Gasteiger partial charge on any atom is 0.0798 e. The Hall–Kier alpha value is -6.60. The van der Waals surface area contributed by atoms with Crippen LogP contribution in [0.5, 0.6) is 0 Å². The third-order valence-electron chi connectivity index (χ3n) is 13.4. The quantitative estimate of drug-likeness (QED) is 0.107. The molecule has 12 rings (SSSR count). The molecule has 0 saturated heterocycles. The number of thiophene rings is 1. The van der Waals surface area contributed by atoms with E-state index in [0.29, 0.717) is 0 Å². The summed E-state index contributed by atoms with van der Waals surface area (Å²) < 4.78 is 4.78. The zero-order valence-electron chi connectivity index (χ0n) is 39.1. The van der Waals surface area contributed by atoms with Gasteiger partial charge in [0.15, 0.2) is 0 Å². The third kappa shape index (κ3) is 9.45. The van der Waals surface area contributed by atoms with Crippen LogP contribution in [0.1, 0.15) is 31.2 Å². The first-order valence-corrected chi connectivity index (χ1v) is 28.1.